The Hall–Kier alpha value is -0.0800. The van der Waals surface area contributed by atoms with E-state index in [1.54, 1.807) is 0 Å². The molecule has 0 spiro atoms. The number of hydrogen-bond donors (Lipinski definition) is 1. The van der Waals surface area contributed by atoms with Crippen LogP contribution in [0.15, 0.2) is 0 Å². The van der Waals surface area contributed by atoms with Crippen molar-refractivity contribution < 1.29 is 4.74 Å². The molecule has 1 unspecified atom stereocenters. The molecule has 0 saturated carbocycles. The summed E-state index contributed by atoms with van der Waals surface area (Å²) in [5, 5.41) is 3.62. The summed E-state index contributed by atoms with van der Waals surface area (Å²) in [6.45, 7) is 6.26. The quantitative estimate of drug-likeness (QED) is 0.543. The van der Waals surface area contributed by atoms with Crippen molar-refractivity contribution >= 4 is 0 Å². The van der Waals surface area contributed by atoms with Crippen molar-refractivity contribution in [3.05, 3.63) is 0 Å². The van der Waals surface area contributed by atoms with Gasteiger partial charge in [-0.3, -0.25) is 5.32 Å². The summed E-state index contributed by atoms with van der Waals surface area (Å²) in [7, 11) is 0. The van der Waals surface area contributed by atoms with Crippen LogP contribution in [0.2, 0.25) is 0 Å². The van der Waals surface area contributed by atoms with E-state index in [4.69, 9.17) is 4.74 Å². The molecule has 18 heavy (non-hydrogen) atoms. The van der Waals surface area contributed by atoms with Crippen LogP contribution in [-0.4, -0.2) is 18.9 Å². The third-order valence-electron chi connectivity index (χ3n) is 4.20. The molecule has 2 nitrogen and oxygen atoms in total. The van der Waals surface area contributed by atoms with Crippen LogP contribution < -0.4 is 5.32 Å². The van der Waals surface area contributed by atoms with E-state index in [1.807, 2.05) is 0 Å². The third-order valence-corrected chi connectivity index (χ3v) is 4.20. The molecule has 1 heterocycles. The minimum atomic E-state index is 0.319. The molecule has 2 heteroatoms. The Labute approximate surface area is 114 Å². The van der Waals surface area contributed by atoms with Crippen LogP contribution >= 0.6 is 0 Å². The molecule has 1 aliphatic heterocycles. The summed E-state index contributed by atoms with van der Waals surface area (Å²) in [4.78, 5) is 0. The van der Waals surface area contributed by atoms with Crippen molar-refractivity contribution in [2.75, 3.05) is 13.3 Å². The Morgan fingerprint density at radius 1 is 0.833 bits per heavy atom. The largest absolute Gasteiger partial charge is 0.364 e. The van der Waals surface area contributed by atoms with Gasteiger partial charge in [0.2, 0.25) is 0 Å². The van der Waals surface area contributed by atoms with Gasteiger partial charge in [-0.2, -0.15) is 0 Å². The fourth-order valence-electron chi connectivity index (χ4n) is 2.90. The zero-order valence-corrected chi connectivity index (χ0v) is 12.6. The Morgan fingerprint density at radius 2 is 1.39 bits per heavy atom. The minimum Gasteiger partial charge on any atom is -0.364 e. The topological polar surface area (TPSA) is 21.3 Å². The molecule has 1 atom stereocenters. The zero-order valence-electron chi connectivity index (χ0n) is 12.6. The molecular weight excluding hydrogens is 222 g/mol. The highest BCUT2D eigenvalue weighted by Gasteiger charge is 2.32. The number of nitrogens with one attached hydrogen (secondary N) is 1. The van der Waals surface area contributed by atoms with Crippen molar-refractivity contribution in [1.82, 2.24) is 5.32 Å². The van der Waals surface area contributed by atoms with Crippen molar-refractivity contribution in [3.8, 4) is 0 Å². The second kappa shape index (κ2) is 9.80. The molecule has 1 aliphatic rings. The van der Waals surface area contributed by atoms with Crippen molar-refractivity contribution in [1.29, 1.82) is 0 Å². The summed E-state index contributed by atoms with van der Waals surface area (Å²) < 4.78 is 5.58. The smallest absolute Gasteiger partial charge is 0.0971 e. The van der Waals surface area contributed by atoms with Crippen LogP contribution in [0.4, 0.5) is 0 Å². The highest BCUT2D eigenvalue weighted by Crippen LogP contribution is 2.26. The van der Waals surface area contributed by atoms with Gasteiger partial charge in [-0.25, -0.2) is 0 Å². The molecule has 0 aromatic carbocycles. The lowest BCUT2D eigenvalue weighted by atomic mass is 9.87. The summed E-state index contributed by atoms with van der Waals surface area (Å²) in [5.74, 6) is 0. The van der Waals surface area contributed by atoms with E-state index in [9.17, 15) is 0 Å². The third kappa shape index (κ3) is 6.19. The molecule has 0 aromatic rings. The van der Waals surface area contributed by atoms with E-state index >= 15 is 0 Å². The molecule has 0 bridgehead atoms. The molecule has 1 fully saturated rings. The second-order valence-corrected chi connectivity index (χ2v) is 5.92. The first-order chi connectivity index (χ1) is 8.83. The number of hydrogen-bond acceptors (Lipinski definition) is 2. The van der Waals surface area contributed by atoms with Crippen LogP contribution in [0.5, 0.6) is 0 Å². The van der Waals surface area contributed by atoms with E-state index in [0.29, 0.717) is 5.54 Å². The van der Waals surface area contributed by atoms with Crippen molar-refractivity contribution in [2.45, 2.75) is 90.0 Å². The van der Waals surface area contributed by atoms with Gasteiger partial charge in [0.25, 0.3) is 0 Å². The van der Waals surface area contributed by atoms with Gasteiger partial charge in [0.05, 0.1) is 13.3 Å². The summed E-state index contributed by atoms with van der Waals surface area (Å²) in [5.41, 5.74) is 0.319. The molecule has 0 amide bonds. The van der Waals surface area contributed by atoms with Gasteiger partial charge in [0, 0.05) is 5.54 Å². The lowest BCUT2D eigenvalue weighted by Crippen LogP contribution is -2.42. The zero-order chi connectivity index (χ0) is 13.1. The fraction of sp³-hybridized carbons (Fsp3) is 1.00. The van der Waals surface area contributed by atoms with Crippen molar-refractivity contribution in [2.24, 2.45) is 0 Å². The predicted octanol–water partition coefficient (Wildman–Crippen LogP) is 4.63. The first kappa shape index (κ1) is 16.0. The lowest BCUT2D eigenvalue weighted by Gasteiger charge is -2.28. The Kier molecular flexibility index (Phi) is 8.70. The summed E-state index contributed by atoms with van der Waals surface area (Å²) in [6, 6.07) is 0. The van der Waals surface area contributed by atoms with E-state index in [-0.39, 0.29) is 0 Å². The molecule has 1 N–H and O–H groups in total. The van der Waals surface area contributed by atoms with Crippen LogP contribution in [0.25, 0.3) is 0 Å². The molecule has 108 valence electrons. The van der Waals surface area contributed by atoms with Crippen LogP contribution in [0.1, 0.15) is 84.5 Å². The van der Waals surface area contributed by atoms with Gasteiger partial charge in [-0.15, -0.1) is 0 Å². The van der Waals surface area contributed by atoms with Gasteiger partial charge < -0.3 is 4.74 Å². The SMILES string of the molecule is CCCCCCCC1(CCCCCC)COCN1. The number of ether oxygens (including phenoxy) is 1. The molecule has 1 saturated heterocycles. The molecule has 0 radical (unpaired) electrons. The fourth-order valence-corrected chi connectivity index (χ4v) is 2.90. The average molecular weight is 255 g/mol. The van der Waals surface area contributed by atoms with E-state index < -0.39 is 0 Å². The van der Waals surface area contributed by atoms with Gasteiger partial charge in [0.1, 0.15) is 0 Å². The minimum absolute atomic E-state index is 0.319. The molecule has 1 rings (SSSR count). The number of unbranched alkanes of at least 4 members (excludes halogenated alkanes) is 7. The maximum Gasteiger partial charge on any atom is 0.0971 e. The van der Waals surface area contributed by atoms with Gasteiger partial charge in [0.15, 0.2) is 0 Å². The van der Waals surface area contributed by atoms with Crippen LogP contribution in [0, 0.1) is 0 Å². The first-order valence-corrected chi connectivity index (χ1v) is 8.16. The second-order valence-electron chi connectivity index (χ2n) is 5.92. The molecule has 0 aliphatic carbocycles. The Balaban J connectivity index is 2.16. The highest BCUT2D eigenvalue weighted by molar-refractivity contribution is 4.90. The van der Waals surface area contributed by atoms with Gasteiger partial charge in [-0.05, 0) is 12.8 Å². The molecular formula is C16H33NO. The van der Waals surface area contributed by atoms with Gasteiger partial charge in [-0.1, -0.05) is 71.6 Å². The first-order valence-electron chi connectivity index (χ1n) is 8.16. The van der Waals surface area contributed by atoms with Gasteiger partial charge >= 0.3 is 0 Å². The summed E-state index contributed by atoms with van der Waals surface area (Å²) >= 11 is 0. The van der Waals surface area contributed by atoms with E-state index in [0.717, 1.165) is 13.3 Å². The predicted molar refractivity (Wildman–Crippen MR) is 78.8 cm³/mol. The monoisotopic (exact) mass is 255 g/mol. The van der Waals surface area contributed by atoms with Crippen LogP contribution in [0.3, 0.4) is 0 Å². The van der Waals surface area contributed by atoms with Crippen molar-refractivity contribution in [3.63, 3.8) is 0 Å². The highest BCUT2D eigenvalue weighted by atomic mass is 16.5. The normalized spacial score (nSPS) is 23.7. The number of rotatable bonds is 11. The molecule has 0 aromatic heterocycles. The lowest BCUT2D eigenvalue weighted by molar-refractivity contribution is 0.169. The van der Waals surface area contributed by atoms with E-state index in [1.165, 1.54) is 70.6 Å². The average Bonchev–Trinajstić information content (AvgIpc) is 2.84. The maximum atomic E-state index is 5.58. The summed E-state index contributed by atoms with van der Waals surface area (Å²) in [6.07, 6.45) is 15.0. The maximum absolute atomic E-state index is 5.58. The van der Waals surface area contributed by atoms with Crippen LogP contribution in [-0.2, 0) is 4.74 Å². The Morgan fingerprint density at radius 3 is 1.89 bits per heavy atom. The Bertz CT molecular complexity index is 188. The standard InChI is InChI=1S/C16H33NO/c1-3-5-7-9-11-13-16(14-18-15-17-16)12-10-8-6-4-2/h17H,3-15H2,1-2H3. The van der Waals surface area contributed by atoms with E-state index in [2.05, 4.69) is 19.2 Å².